The molecule has 3 rings (SSSR count). The topological polar surface area (TPSA) is 46.5 Å². The first-order valence-corrected chi connectivity index (χ1v) is 9.71. The summed E-state index contributed by atoms with van der Waals surface area (Å²) in [6.07, 6.45) is 10.7. The minimum atomic E-state index is -0.933. The van der Waals surface area contributed by atoms with Crippen molar-refractivity contribution in [1.29, 1.82) is 0 Å². The molecule has 0 unspecified atom stereocenters. The summed E-state index contributed by atoms with van der Waals surface area (Å²) in [5.74, 6) is 1.60. The van der Waals surface area contributed by atoms with E-state index in [2.05, 4.69) is 13.0 Å². The molecule has 3 nitrogen and oxygen atoms in total. The van der Waals surface area contributed by atoms with Gasteiger partial charge in [-0.15, -0.1) is 0 Å². The maximum atomic E-state index is 10.6. The molecule has 138 valence electrons. The van der Waals surface area contributed by atoms with Gasteiger partial charge in [0.1, 0.15) is 5.75 Å². The number of hydrogen-bond acceptors (Lipinski definition) is 2. The molecule has 1 N–H and O–H groups in total. The van der Waals surface area contributed by atoms with Crippen molar-refractivity contribution in [2.75, 3.05) is 6.61 Å². The van der Waals surface area contributed by atoms with Gasteiger partial charge in [0.15, 0.2) is 0 Å². The van der Waals surface area contributed by atoms with Crippen molar-refractivity contribution >= 4 is 22.8 Å². The highest BCUT2D eigenvalue weighted by Gasteiger charge is 2.20. The molecule has 0 spiro atoms. The number of benzene rings is 2. The van der Waals surface area contributed by atoms with Gasteiger partial charge in [0.2, 0.25) is 0 Å². The Hall–Kier alpha value is -2.29. The normalized spacial score (nSPS) is 20.5. The molecular formula is C23H28O3. The van der Waals surface area contributed by atoms with E-state index in [1.807, 2.05) is 30.3 Å². The van der Waals surface area contributed by atoms with Gasteiger partial charge in [-0.3, -0.25) is 0 Å². The van der Waals surface area contributed by atoms with Crippen LogP contribution in [-0.4, -0.2) is 17.7 Å². The first-order chi connectivity index (χ1) is 12.6. The quantitative estimate of drug-likeness (QED) is 0.629. The highest BCUT2D eigenvalue weighted by atomic mass is 16.5. The van der Waals surface area contributed by atoms with Crippen LogP contribution in [-0.2, 0) is 4.79 Å². The van der Waals surface area contributed by atoms with Crippen LogP contribution in [0.4, 0.5) is 0 Å². The zero-order chi connectivity index (χ0) is 18.4. The molecule has 26 heavy (non-hydrogen) atoms. The number of fused-ring (bicyclic) bond motifs is 1. The van der Waals surface area contributed by atoms with Crippen molar-refractivity contribution in [2.24, 2.45) is 11.8 Å². The van der Waals surface area contributed by atoms with Gasteiger partial charge in [-0.25, -0.2) is 4.79 Å². The van der Waals surface area contributed by atoms with Crippen LogP contribution < -0.4 is 4.74 Å². The predicted octanol–water partition coefficient (Wildman–Crippen LogP) is 5.92. The maximum absolute atomic E-state index is 10.6. The monoisotopic (exact) mass is 352 g/mol. The number of hydrogen-bond donors (Lipinski definition) is 1. The third-order valence-corrected chi connectivity index (χ3v) is 5.40. The van der Waals surface area contributed by atoms with Crippen LogP contribution in [0.1, 0.15) is 51.0 Å². The fraction of sp³-hybridized carbons (Fsp3) is 0.435. The van der Waals surface area contributed by atoms with Gasteiger partial charge in [0, 0.05) is 6.08 Å². The third-order valence-electron chi connectivity index (χ3n) is 5.40. The lowest BCUT2D eigenvalue weighted by molar-refractivity contribution is -0.131. The largest absolute Gasteiger partial charge is 0.493 e. The predicted molar refractivity (Wildman–Crippen MR) is 106 cm³/mol. The fourth-order valence-electron chi connectivity index (χ4n) is 3.91. The summed E-state index contributed by atoms with van der Waals surface area (Å²) in [6, 6.07) is 12.1. The number of ether oxygens (including phenoxy) is 1. The molecule has 3 heteroatoms. The van der Waals surface area contributed by atoms with E-state index in [0.29, 0.717) is 5.92 Å². The summed E-state index contributed by atoms with van der Waals surface area (Å²) in [5, 5.41) is 10.9. The minimum absolute atomic E-state index is 0.683. The van der Waals surface area contributed by atoms with E-state index in [0.717, 1.165) is 40.7 Å². The van der Waals surface area contributed by atoms with E-state index in [4.69, 9.17) is 9.84 Å². The van der Waals surface area contributed by atoms with Gasteiger partial charge >= 0.3 is 5.97 Å². The van der Waals surface area contributed by atoms with E-state index in [-0.39, 0.29) is 0 Å². The molecule has 2 aromatic rings. The average Bonchev–Trinajstić information content (AvgIpc) is 2.66. The lowest BCUT2D eigenvalue weighted by Crippen LogP contribution is -2.20. The summed E-state index contributed by atoms with van der Waals surface area (Å²) in [4.78, 5) is 10.6. The lowest BCUT2D eigenvalue weighted by atomic mass is 9.80. The second kappa shape index (κ2) is 8.88. The molecule has 0 saturated heterocycles. The van der Waals surface area contributed by atoms with Crippen molar-refractivity contribution in [3.63, 3.8) is 0 Å². The van der Waals surface area contributed by atoms with Crippen LogP contribution in [0.25, 0.3) is 16.8 Å². The van der Waals surface area contributed by atoms with Crippen molar-refractivity contribution in [3.8, 4) is 5.75 Å². The molecular weight excluding hydrogens is 324 g/mol. The Morgan fingerprint density at radius 1 is 1.08 bits per heavy atom. The molecule has 0 amide bonds. The molecule has 2 aromatic carbocycles. The van der Waals surface area contributed by atoms with E-state index in [1.165, 1.54) is 38.5 Å². The number of rotatable bonds is 7. The van der Waals surface area contributed by atoms with Gasteiger partial charge in [-0.2, -0.15) is 0 Å². The highest BCUT2D eigenvalue weighted by Crippen LogP contribution is 2.32. The summed E-state index contributed by atoms with van der Waals surface area (Å²) in [5.41, 5.74) is 0.886. The first kappa shape index (κ1) is 18.5. The molecule has 0 bridgehead atoms. The van der Waals surface area contributed by atoms with Gasteiger partial charge in [-0.1, -0.05) is 50.8 Å². The van der Waals surface area contributed by atoms with Crippen LogP contribution in [0.15, 0.2) is 42.5 Å². The second-order valence-electron chi connectivity index (χ2n) is 7.43. The molecule has 0 aromatic heterocycles. The van der Waals surface area contributed by atoms with Crippen LogP contribution in [0, 0.1) is 11.8 Å². The third kappa shape index (κ3) is 5.10. The Morgan fingerprint density at radius 2 is 1.77 bits per heavy atom. The van der Waals surface area contributed by atoms with E-state index < -0.39 is 5.97 Å². The van der Waals surface area contributed by atoms with Gasteiger partial charge < -0.3 is 9.84 Å². The molecule has 1 fully saturated rings. The number of aliphatic carboxylic acids is 1. The number of carbonyl (C=O) groups is 1. The first-order valence-electron chi connectivity index (χ1n) is 9.71. The molecule has 1 saturated carbocycles. The SMILES string of the molecule is CCCC1CCC(COc2ccc3cc(/C=C/C(=O)O)ccc3c2)CC1. The number of carboxylic acids is 1. The lowest BCUT2D eigenvalue weighted by Gasteiger charge is -2.28. The van der Waals surface area contributed by atoms with Crippen molar-refractivity contribution in [1.82, 2.24) is 0 Å². The molecule has 0 heterocycles. The van der Waals surface area contributed by atoms with Crippen LogP contribution >= 0.6 is 0 Å². The van der Waals surface area contributed by atoms with Crippen LogP contribution in [0.3, 0.4) is 0 Å². The fourth-order valence-corrected chi connectivity index (χ4v) is 3.91. The molecule has 0 radical (unpaired) electrons. The van der Waals surface area contributed by atoms with Crippen molar-refractivity contribution in [2.45, 2.75) is 45.4 Å². The number of carboxylic acid groups (broad SMARTS) is 1. The van der Waals surface area contributed by atoms with Crippen molar-refractivity contribution < 1.29 is 14.6 Å². The smallest absolute Gasteiger partial charge is 0.328 e. The van der Waals surface area contributed by atoms with Gasteiger partial charge in [0.25, 0.3) is 0 Å². The molecule has 1 aliphatic carbocycles. The highest BCUT2D eigenvalue weighted by molar-refractivity contribution is 5.89. The zero-order valence-electron chi connectivity index (χ0n) is 15.5. The zero-order valence-corrected chi connectivity index (χ0v) is 15.5. The molecule has 0 atom stereocenters. The second-order valence-corrected chi connectivity index (χ2v) is 7.43. The molecule has 0 aliphatic heterocycles. The Balaban J connectivity index is 1.57. The minimum Gasteiger partial charge on any atom is -0.493 e. The summed E-state index contributed by atoms with van der Waals surface area (Å²) in [6.45, 7) is 3.09. The Morgan fingerprint density at radius 3 is 2.50 bits per heavy atom. The molecule has 1 aliphatic rings. The summed E-state index contributed by atoms with van der Waals surface area (Å²) < 4.78 is 6.07. The van der Waals surface area contributed by atoms with Gasteiger partial charge in [-0.05, 0) is 65.3 Å². The van der Waals surface area contributed by atoms with E-state index >= 15 is 0 Å². The van der Waals surface area contributed by atoms with Crippen LogP contribution in [0.2, 0.25) is 0 Å². The average molecular weight is 352 g/mol. The van der Waals surface area contributed by atoms with Crippen LogP contribution in [0.5, 0.6) is 5.75 Å². The Bertz CT molecular complexity index is 770. The van der Waals surface area contributed by atoms with E-state index in [1.54, 1.807) is 6.08 Å². The standard InChI is InChI=1S/C23H28O3/c1-2-3-17-4-6-19(7-5-17)16-26-22-12-11-20-14-18(9-13-23(24)25)8-10-21(20)15-22/h8-15,17,19H,2-7,16H2,1H3,(H,24,25)/b13-9+. The van der Waals surface area contributed by atoms with Gasteiger partial charge in [0.05, 0.1) is 6.61 Å². The Labute approximate surface area is 155 Å². The van der Waals surface area contributed by atoms with E-state index in [9.17, 15) is 4.79 Å². The summed E-state index contributed by atoms with van der Waals surface area (Å²) >= 11 is 0. The summed E-state index contributed by atoms with van der Waals surface area (Å²) in [7, 11) is 0. The Kier molecular flexibility index (Phi) is 6.32. The van der Waals surface area contributed by atoms with Crippen molar-refractivity contribution in [3.05, 3.63) is 48.0 Å². The maximum Gasteiger partial charge on any atom is 0.328 e.